The first-order valence-corrected chi connectivity index (χ1v) is 3.91. The minimum absolute atomic E-state index is 0.0294. The molecule has 1 fully saturated rings. The molecule has 0 unspecified atom stereocenters. The van der Waals surface area contributed by atoms with Crippen LogP contribution in [0.4, 0.5) is 0 Å². The van der Waals surface area contributed by atoms with Crippen LogP contribution in [0.15, 0.2) is 6.20 Å². The summed E-state index contributed by atoms with van der Waals surface area (Å²) in [6.07, 6.45) is 4.11. The van der Waals surface area contributed by atoms with Crippen LogP contribution in [0.1, 0.15) is 24.1 Å². The monoisotopic (exact) mass is 151 g/mol. The maximum Gasteiger partial charge on any atom is 0.0543 e. The first-order valence-electron chi connectivity index (χ1n) is 3.91. The lowest BCUT2D eigenvalue weighted by Crippen LogP contribution is -2.19. The Balaban J connectivity index is 2.45. The minimum Gasteiger partial charge on any atom is -0.321 e. The normalized spacial score (nSPS) is 20.3. The van der Waals surface area contributed by atoms with Crippen molar-refractivity contribution in [3.63, 3.8) is 0 Å². The van der Waals surface area contributed by atoms with Crippen LogP contribution in [0.2, 0.25) is 0 Å². The van der Waals surface area contributed by atoms with Gasteiger partial charge < -0.3 is 5.73 Å². The van der Waals surface area contributed by atoms with Crippen LogP contribution in [-0.2, 0) is 12.6 Å². The van der Waals surface area contributed by atoms with Crippen molar-refractivity contribution in [3.8, 4) is 0 Å². The molecule has 11 heavy (non-hydrogen) atoms. The number of rotatable bonds is 1. The Morgan fingerprint density at radius 3 is 2.64 bits per heavy atom. The molecule has 0 aliphatic heterocycles. The molecule has 3 heteroatoms. The highest BCUT2D eigenvalue weighted by Crippen LogP contribution is 2.43. The Bertz CT molecular complexity index is 284. The SMILES string of the molecule is Cc1c(C2(N)CC2)cnn1C. The summed E-state index contributed by atoms with van der Waals surface area (Å²) in [4.78, 5) is 0. The highest BCUT2D eigenvalue weighted by molar-refractivity contribution is 5.30. The molecule has 0 aromatic carbocycles. The maximum atomic E-state index is 6.03. The first-order chi connectivity index (χ1) is 5.13. The van der Waals surface area contributed by atoms with Crippen molar-refractivity contribution >= 4 is 0 Å². The third-order valence-corrected chi connectivity index (χ3v) is 2.56. The average molecular weight is 151 g/mol. The van der Waals surface area contributed by atoms with Gasteiger partial charge in [-0.05, 0) is 19.8 Å². The summed E-state index contributed by atoms with van der Waals surface area (Å²) >= 11 is 0. The highest BCUT2D eigenvalue weighted by Gasteiger charge is 2.42. The van der Waals surface area contributed by atoms with Crippen molar-refractivity contribution < 1.29 is 0 Å². The molecule has 0 atom stereocenters. The molecule has 2 rings (SSSR count). The summed E-state index contributed by atoms with van der Waals surface area (Å²) in [5.41, 5.74) is 8.42. The number of nitrogens with zero attached hydrogens (tertiary/aromatic N) is 2. The topological polar surface area (TPSA) is 43.8 Å². The minimum atomic E-state index is -0.0294. The molecule has 0 bridgehead atoms. The molecule has 1 heterocycles. The van der Waals surface area contributed by atoms with E-state index in [9.17, 15) is 0 Å². The van der Waals surface area contributed by atoms with E-state index in [4.69, 9.17) is 5.73 Å². The zero-order valence-electron chi connectivity index (χ0n) is 6.96. The number of hydrogen-bond donors (Lipinski definition) is 1. The van der Waals surface area contributed by atoms with Crippen LogP contribution >= 0.6 is 0 Å². The van der Waals surface area contributed by atoms with Gasteiger partial charge in [0.1, 0.15) is 0 Å². The molecule has 2 N–H and O–H groups in total. The fraction of sp³-hybridized carbons (Fsp3) is 0.625. The maximum absolute atomic E-state index is 6.03. The van der Waals surface area contributed by atoms with E-state index in [0.717, 1.165) is 12.8 Å². The van der Waals surface area contributed by atoms with Crippen molar-refractivity contribution in [3.05, 3.63) is 17.5 Å². The Morgan fingerprint density at radius 2 is 2.27 bits per heavy atom. The highest BCUT2D eigenvalue weighted by atomic mass is 15.3. The van der Waals surface area contributed by atoms with Gasteiger partial charge in [0, 0.05) is 23.8 Å². The standard InChI is InChI=1S/C8H13N3/c1-6-7(5-10-11(6)2)8(9)3-4-8/h5H,3-4,9H2,1-2H3. The van der Waals surface area contributed by atoms with Crippen LogP contribution in [0.25, 0.3) is 0 Å². The lowest BCUT2D eigenvalue weighted by Gasteiger charge is -2.06. The summed E-state index contributed by atoms with van der Waals surface area (Å²) < 4.78 is 1.88. The average Bonchev–Trinajstić information content (AvgIpc) is 2.60. The lowest BCUT2D eigenvalue weighted by atomic mass is 10.1. The van der Waals surface area contributed by atoms with Crippen molar-refractivity contribution in [2.24, 2.45) is 12.8 Å². The van der Waals surface area contributed by atoms with Crippen LogP contribution in [0, 0.1) is 6.92 Å². The van der Waals surface area contributed by atoms with E-state index in [0.29, 0.717) is 0 Å². The third-order valence-electron chi connectivity index (χ3n) is 2.56. The Morgan fingerprint density at radius 1 is 1.64 bits per heavy atom. The molecular weight excluding hydrogens is 138 g/mol. The molecular formula is C8H13N3. The second-order valence-corrected chi connectivity index (χ2v) is 3.42. The molecule has 1 aliphatic rings. The number of hydrogen-bond acceptors (Lipinski definition) is 2. The molecule has 3 nitrogen and oxygen atoms in total. The van der Waals surface area contributed by atoms with E-state index in [1.165, 1.54) is 11.3 Å². The molecule has 1 aromatic heterocycles. The van der Waals surface area contributed by atoms with Gasteiger partial charge in [-0.3, -0.25) is 4.68 Å². The number of aromatic nitrogens is 2. The molecule has 1 aromatic rings. The Kier molecular flexibility index (Phi) is 1.16. The van der Waals surface area contributed by atoms with Crippen LogP contribution in [0.5, 0.6) is 0 Å². The fourth-order valence-corrected chi connectivity index (χ4v) is 1.39. The van der Waals surface area contributed by atoms with Crippen LogP contribution < -0.4 is 5.73 Å². The summed E-state index contributed by atoms with van der Waals surface area (Å²) in [7, 11) is 1.95. The molecule has 1 saturated carbocycles. The van der Waals surface area contributed by atoms with E-state index < -0.39 is 0 Å². The largest absolute Gasteiger partial charge is 0.321 e. The molecule has 0 radical (unpaired) electrons. The van der Waals surface area contributed by atoms with Gasteiger partial charge in [0.2, 0.25) is 0 Å². The molecule has 0 saturated heterocycles. The fourth-order valence-electron chi connectivity index (χ4n) is 1.39. The van der Waals surface area contributed by atoms with E-state index >= 15 is 0 Å². The summed E-state index contributed by atoms with van der Waals surface area (Å²) in [6.45, 7) is 2.06. The van der Waals surface area contributed by atoms with Gasteiger partial charge in [0.05, 0.1) is 6.20 Å². The number of aryl methyl sites for hydroxylation is 1. The quantitative estimate of drug-likeness (QED) is 0.641. The third kappa shape index (κ3) is 0.878. The van der Waals surface area contributed by atoms with Crippen LogP contribution in [-0.4, -0.2) is 9.78 Å². The van der Waals surface area contributed by atoms with Crippen molar-refractivity contribution in [2.45, 2.75) is 25.3 Å². The summed E-state index contributed by atoms with van der Waals surface area (Å²) in [5.74, 6) is 0. The Labute approximate surface area is 66.2 Å². The predicted octanol–water partition coefficient (Wildman–Crippen LogP) is 0.676. The van der Waals surface area contributed by atoms with Gasteiger partial charge in [-0.2, -0.15) is 5.10 Å². The number of nitrogens with two attached hydrogens (primary N) is 1. The van der Waals surface area contributed by atoms with E-state index in [1.54, 1.807) is 0 Å². The van der Waals surface area contributed by atoms with Crippen molar-refractivity contribution in [2.75, 3.05) is 0 Å². The van der Waals surface area contributed by atoms with E-state index in [1.807, 2.05) is 17.9 Å². The summed E-state index contributed by atoms with van der Waals surface area (Å²) in [5, 5.41) is 4.16. The predicted molar refractivity (Wildman–Crippen MR) is 43.0 cm³/mol. The first kappa shape index (κ1) is 6.85. The smallest absolute Gasteiger partial charge is 0.0543 e. The zero-order chi connectivity index (χ0) is 8.06. The van der Waals surface area contributed by atoms with Gasteiger partial charge in [0.25, 0.3) is 0 Å². The van der Waals surface area contributed by atoms with Gasteiger partial charge in [-0.1, -0.05) is 0 Å². The lowest BCUT2D eigenvalue weighted by molar-refractivity contribution is 0.708. The van der Waals surface area contributed by atoms with E-state index in [2.05, 4.69) is 12.0 Å². The molecule has 1 aliphatic carbocycles. The molecule has 0 amide bonds. The van der Waals surface area contributed by atoms with Crippen molar-refractivity contribution in [1.29, 1.82) is 0 Å². The molecule has 0 spiro atoms. The van der Waals surface area contributed by atoms with Crippen molar-refractivity contribution in [1.82, 2.24) is 9.78 Å². The van der Waals surface area contributed by atoms with Gasteiger partial charge >= 0.3 is 0 Å². The second-order valence-electron chi connectivity index (χ2n) is 3.42. The van der Waals surface area contributed by atoms with E-state index in [-0.39, 0.29) is 5.54 Å². The van der Waals surface area contributed by atoms with Crippen LogP contribution in [0.3, 0.4) is 0 Å². The zero-order valence-corrected chi connectivity index (χ0v) is 6.96. The van der Waals surface area contributed by atoms with Gasteiger partial charge in [0.15, 0.2) is 0 Å². The summed E-state index contributed by atoms with van der Waals surface area (Å²) in [6, 6.07) is 0. The molecule has 60 valence electrons. The van der Waals surface area contributed by atoms with Gasteiger partial charge in [-0.25, -0.2) is 0 Å². The van der Waals surface area contributed by atoms with Gasteiger partial charge in [-0.15, -0.1) is 0 Å². The second kappa shape index (κ2) is 1.85. The Hall–Kier alpha value is -0.830.